The summed E-state index contributed by atoms with van der Waals surface area (Å²) in [7, 11) is 1.77. The molecule has 1 saturated carbocycles. The summed E-state index contributed by atoms with van der Waals surface area (Å²) >= 11 is 0. The van der Waals surface area contributed by atoms with Crippen LogP contribution in [0.5, 0.6) is 0 Å². The van der Waals surface area contributed by atoms with Crippen LogP contribution in [-0.2, 0) is 7.05 Å². The van der Waals surface area contributed by atoms with Gasteiger partial charge in [0.2, 0.25) is 0 Å². The Morgan fingerprint density at radius 2 is 1.96 bits per heavy atom. The first-order valence-electron chi connectivity index (χ1n) is 8.91. The fraction of sp³-hybridized carbons (Fsp3) is 0.350. The fourth-order valence-corrected chi connectivity index (χ4v) is 3.70. The molecule has 0 atom stereocenters. The zero-order chi connectivity index (χ0) is 17.2. The molecule has 5 nitrogen and oxygen atoms in total. The maximum absolute atomic E-state index is 12.7. The van der Waals surface area contributed by atoms with Crippen molar-refractivity contribution in [1.82, 2.24) is 14.8 Å². The average molecular weight is 334 g/mol. The molecule has 1 aromatic carbocycles. The summed E-state index contributed by atoms with van der Waals surface area (Å²) < 4.78 is 1.59. The first-order valence-corrected chi connectivity index (χ1v) is 8.91. The molecule has 1 aliphatic carbocycles. The molecule has 0 unspecified atom stereocenters. The highest BCUT2D eigenvalue weighted by molar-refractivity contribution is 6.04. The highest BCUT2D eigenvalue weighted by Gasteiger charge is 2.22. The number of benzene rings is 1. The van der Waals surface area contributed by atoms with Crippen LogP contribution in [-0.4, -0.2) is 20.7 Å². The van der Waals surface area contributed by atoms with Crippen molar-refractivity contribution in [3.05, 3.63) is 54.0 Å². The number of carbonyl (C=O) groups excluding carboxylic acids is 1. The quantitative estimate of drug-likeness (QED) is 0.778. The lowest BCUT2D eigenvalue weighted by Crippen LogP contribution is -2.19. The number of nitrogens with zero attached hydrogens (tertiary/aromatic N) is 3. The van der Waals surface area contributed by atoms with Crippen molar-refractivity contribution < 1.29 is 4.79 Å². The third-order valence-electron chi connectivity index (χ3n) is 5.05. The summed E-state index contributed by atoms with van der Waals surface area (Å²) in [4.78, 5) is 17.6. The minimum absolute atomic E-state index is 0.144. The Labute approximate surface area is 147 Å². The van der Waals surface area contributed by atoms with E-state index in [2.05, 4.69) is 16.5 Å². The zero-order valence-corrected chi connectivity index (χ0v) is 14.4. The number of nitrogens with one attached hydrogen (secondary N) is 1. The minimum Gasteiger partial charge on any atom is -0.319 e. The molecule has 3 aromatic rings. The van der Waals surface area contributed by atoms with Gasteiger partial charge in [0.25, 0.3) is 5.91 Å². The van der Waals surface area contributed by atoms with Crippen LogP contribution in [0.1, 0.15) is 54.2 Å². The molecule has 2 heterocycles. The van der Waals surface area contributed by atoms with Gasteiger partial charge in [-0.25, -0.2) is 0 Å². The minimum atomic E-state index is -0.144. The molecule has 0 radical (unpaired) electrons. The van der Waals surface area contributed by atoms with Gasteiger partial charge in [-0.05, 0) is 31.0 Å². The Morgan fingerprint density at radius 1 is 1.16 bits per heavy atom. The summed E-state index contributed by atoms with van der Waals surface area (Å²) in [5.41, 5.74) is 3.38. The Hall–Kier alpha value is -2.69. The topological polar surface area (TPSA) is 59.8 Å². The van der Waals surface area contributed by atoms with Crippen molar-refractivity contribution >= 4 is 22.5 Å². The van der Waals surface area contributed by atoms with Crippen molar-refractivity contribution in [1.29, 1.82) is 0 Å². The SMILES string of the molecule is Cn1nccc1C(=O)Nc1cc2ccccc2nc1C1CCCCC1. The lowest BCUT2D eigenvalue weighted by Gasteiger charge is -2.24. The molecule has 0 spiro atoms. The lowest BCUT2D eigenvalue weighted by atomic mass is 9.85. The third kappa shape index (κ3) is 3.14. The second kappa shape index (κ2) is 6.67. The predicted octanol–water partition coefficient (Wildman–Crippen LogP) is 4.27. The van der Waals surface area contributed by atoms with E-state index in [9.17, 15) is 4.79 Å². The Bertz CT molecular complexity index is 909. The molecule has 1 amide bonds. The van der Waals surface area contributed by atoms with E-state index in [1.165, 1.54) is 19.3 Å². The number of hydrogen-bond donors (Lipinski definition) is 1. The number of aryl methyl sites for hydroxylation is 1. The first-order chi connectivity index (χ1) is 12.2. The number of carbonyl (C=O) groups is 1. The highest BCUT2D eigenvalue weighted by atomic mass is 16.2. The van der Waals surface area contributed by atoms with Gasteiger partial charge in [-0.2, -0.15) is 5.10 Å². The molecule has 25 heavy (non-hydrogen) atoms. The number of pyridine rings is 1. The van der Waals surface area contributed by atoms with Gasteiger partial charge in [-0.3, -0.25) is 14.5 Å². The molecule has 4 rings (SSSR count). The van der Waals surface area contributed by atoms with Crippen LogP contribution in [0.25, 0.3) is 10.9 Å². The van der Waals surface area contributed by atoms with Crippen molar-refractivity contribution in [2.24, 2.45) is 7.05 Å². The summed E-state index contributed by atoms with van der Waals surface area (Å²) in [6.07, 6.45) is 7.67. The molecule has 5 heteroatoms. The maximum atomic E-state index is 12.7. The van der Waals surface area contributed by atoms with E-state index in [4.69, 9.17) is 4.98 Å². The molecule has 1 N–H and O–H groups in total. The molecule has 0 bridgehead atoms. The highest BCUT2D eigenvalue weighted by Crippen LogP contribution is 2.36. The normalized spacial score (nSPS) is 15.4. The molecule has 1 aliphatic rings. The second-order valence-electron chi connectivity index (χ2n) is 6.74. The van der Waals surface area contributed by atoms with Gasteiger partial charge < -0.3 is 5.32 Å². The van der Waals surface area contributed by atoms with Crippen LogP contribution in [0.4, 0.5) is 5.69 Å². The number of hydrogen-bond acceptors (Lipinski definition) is 3. The summed E-state index contributed by atoms with van der Waals surface area (Å²) in [5, 5.41) is 8.21. The van der Waals surface area contributed by atoms with Gasteiger partial charge in [0.05, 0.1) is 16.9 Å². The van der Waals surface area contributed by atoms with Gasteiger partial charge in [-0.1, -0.05) is 37.5 Å². The zero-order valence-electron chi connectivity index (χ0n) is 14.4. The fourth-order valence-electron chi connectivity index (χ4n) is 3.70. The van der Waals surface area contributed by atoms with Crippen molar-refractivity contribution in [3.63, 3.8) is 0 Å². The van der Waals surface area contributed by atoms with Gasteiger partial charge in [-0.15, -0.1) is 0 Å². The molecule has 0 saturated heterocycles. The van der Waals surface area contributed by atoms with Gasteiger partial charge in [0, 0.05) is 24.5 Å². The Kier molecular flexibility index (Phi) is 4.22. The van der Waals surface area contributed by atoms with E-state index in [1.54, 1.807) is 24.0 Å². The molecular weight excluding hydrogens is 312 g/mol. The smallest absolute Gasteiger partial charge is 0.273 e. The number of fused-ring (bicyclic) bond motifs is 1. The second-order valence-corrected chi connectivity index (χ2v) is 6.74. The van der Waals surface area contributed by atoms with Crippen LogP contribution in [0.3, 0.4) is 0 Å². The number of anilines is 1. The molecule has 1 fully saturated rings. The summed E-state index contributed by atoms with van der Waals surface area (Å²) in [6, 6.07) is 11.9. The largest absolute Gasteiger partial charge is 0.319 e. The van der Waals surface area contributed by atoms with E-state index in [0.717, 1.165) is 35.1 Å². The first kappa shape index (κ1) is 15.8. The van der Waals surface area contributed by atoms with Gasteiger partial charge in [0.15, 0.2) is 0 Å². The number of amides is 1. The van der Waals surface area contributed by atoms with E-state index in [1.807, 2.05) is 24.3 Å². The number of para-hydroxylation sites is 1. The molecule has 0 aliphatic heterocycles. The van der Waals surface area contributed by atoms with Crippen molar-refractivity contribution in [2.45, 2.75) is 38.0 Å². The van der Waals surface area contributed by atoms with E-state index < -0.39 is 0 Å². The van der Waals surface area contributed by atoms with Gasteiger partial charge in [0.1, 0.15) is 5.69 Å². The lowest BCUT2D eigenvalue weighted by molar-refractivity contribution is 0.101. The summed E-state index contributed by atoms with van der Waals surface area (Å²) in [6.45, 7) is 0. The van der Waals surface area contributed by atoms with Crippen LogP contribution >= 0.6 is 0 Å². The number of aromatic nitrogens is 3. The number of rotatable bonds is 3. The van der Waals surface area contributed by atoms with E-state index in [0.29, 0.717) is 11.6 Å². The van der Waals surface area contributed by atoms with Crippen molar-refractivity contribution in [3.8, 4) is 0 Å². The monoisotopic (exact) mass is 334 g/mol. The van der Waals surface area contributed by atoms with Crippen molar-refractivity contribution in [2.75, 3.05) is 5.32 Å². The molecule has 128 valence electrons. The van der Waals surface area contributed by atoms with Crippen LogP contribution in [0, 0.1) is 0 Å². The van der Waals surface area contributed by atoms with Gasteiger partial charge >= 0.3 is 0 Å². The van der Waals surface area contributed by atoms with E-state index in [-0.39, 0.29) is 5.91 Å². The standard InChI is InChI=1S/C20H22N4O/c1-24-18(11-12-21-24)20(25)23-17-13-15-9-5-6-10-16(15)22-19(17)14-7-3-2-4-8-14/h5-6,9-14H,2-4,7-8H2,1H3,(H,23,25). The molecule has 2 aromatic heterocycles. The average Bonchev–Trinajstić information content (AvgIpc) is 3.08. The predicted molar refractivity (Wildman–Crippen MR) is 98.7 cm³/mol. The Balaban J connectivity index is 1.74. The summed E-state index contributed by atoms with van der Waals surface area (Å²) in [5.74, 6) is 0.273. The maximum Gasteiger partial charge on any atom is 0.273 e. The van der Waals surface area contributed by atoms with Crippen LogP contribution in [0.15, 0.2) is 42.6 Å². The Morgan fingerprint density at radius 3 is 2.72 bits per heavy atom. The third-order valence-corrected chi connectivity index (χ3v) is 5.05. The van der Waals surface area contributed by atoms with Crippen LogP contribution in [0.2, 0.25) is 0 Å². The molecular formula is C20H22N4O. The van der Waals surface area contributed by atoms with E-state index >= 15 is 0 Å². The van der Waals surface area contributed by atoms with Crippen LogP contribution < -0.4 is 5.32 Å².